The minimum absolute atomic E-state index is 0.317. The van der Waals surface area contributed by atoms with E-state index < -0.39 is 64.5 Å². The average molecular weight is 486 g/mol. The number of hydrogen-bond acceptors (Lipinski definition) is 8. The van der Waals surface area contributed by atoms with Crippen LogP contribution in [0.3, 0.4) is 0 Å². The first-order valence-corrected chi connectivity index (χ1v) is 10.8. The molecule has 0 radical (unpaired) electrons. The molecule has 2 aliphatic heterocycles. The lowest BCUT2D eigenvalue weighted by atomic mass is 9.95. The number of ether oxygens (including phenoxy) is 2. The van der Waals surface area contributed by atoms with Gasteiger partial charge in [0, 0.05) is 0 Å². The number of halogens is 1. The molecule has 2 saturated heterocycles. The van der Waals surface area contributed by atoms with E-state index in [-0.39, 0.29) is 6.61 Å². The number of β-lactam (4-membered cyclic amide) rings is 1. The number of aliphatic carboxylic acids is 1. The first-order valence-electron chi connectivity index (χ1n) is 9.39. The van der Waals surface area contributed by atoms with Gasteiger partial charge in [-0.3, -0.25) is 19.7 Å². The third-order valence-corrected chi connectivity index (χ3v) is 6.71. The Morgan fingerprint density at radius 3 is 2.53 bits per heavy atom. The second-order valence-corrected chi connectivity index (χ2v) is 9.13. The van der Waals surface area contributed by atoms with Crippen molar-refractivity contribution in [2.75, 3.05) is 19.1 Å². The van der Waals surface area contributed by atoms with Crippen molar-refractivity contribution in [1.29, 1.82) is 0 Å². The quantitative estimate of drug-likeness (QED) is 0.345. The van der Waals surface area contributed by atoms with Gasteiger partial charge in [0.25, 0.3) is 5.91 Å². The zero-order valence-corrected chi connectivity index (χ0v) is 18.4. The number of nitrogens with one attached hydrogen (secondary N) is 2. The number of thioether (sulfide) groups is 1. The normalized spacial score (nSPS) is 25.9. The largest absolute Gasteiger partial charge is 0.484 e. The Bertz CT molecular complexity index is 932. The average Bonchev–Trinajstić information content (AvgIpc) is 3.05. The van der Waals surface area contributed by atoms with E-state index in [9.17, 15) is 29.1 Å². The number of carbonyl (C=O) groups excluding carboxylic acids is 4. The van der Waals surface area contributed by atoms with Gasteiger partial charge in [0.1, 0.15) is 35.7 Å². The summed E-state index contributed by atoms with van der Waals surface area (Å²) >= 11 is 6.39. The lowest BCUT2D eigenvalue weighted by molar-refractivity contribution is -0.161. The molecule has 4 atom stereocenters. The number of amides is 4. The lowest BCUT2D eigenvalue weighted by Crippen LogP contribution is -2.71. The number of benzene rings is 1. The molecular formula is C19H20ClN3O8S. The summed E-state index contributed by atoms with van der Waals surface area (Å²) in [5.41, 5.74) is 0. The monoisotopic (exact) mass is 485 g/mol. The fourth-order valence-corrected chi connectivity index (χ4v) is 5.17. The van der Waals surface area contributed by atoms with E-state index >= 15 is 0 Å². The Hall–Kier alpha value is -2.99. The molecule has 1 aromatic rings. The van der Waals surface area contributed by atoms with Crippen molar-refractivity contribution in [3.63, 3.8) is 0 Å². The molecule has 2 aliphatic rings. The highest BCUT2D eigenvalue weighted by Gasteiger charge is 2.66. The summed E-state index contributed by atoms with van der Waals surface area (Å²) in [7, 11) is 0. The Labute approximate surface area is 191 Å². The molecule has 0 bridgehead atoms. The van der Waals surface area contributed by atoms with Crippen molar-refractivity contribution in [3.8, 4) is 5.75 Å². The molecule has 0 spiro atoms. The maximum Gasteiger partial charge on any atom is 0.413 e. The van der Waals surface area contributed by atoms with E-state index in [4.69, 9.17) is 21.1 Å². The maximum absolute atomic E-state index is 12.6. The molecule has 4 amide bonds. The van der Waals surface area contributed by atoms with E-state index in [0.29, 0.717) is 5.75 Å². The van der Waals surface area contributed by atoms with Crippen LogP contribution in [-0.2, 0) is 23.9 Å². The van der Waals surface area contributed by atoms with Crippen LogP contribution in [0.25, 0.3) is 0 Å². The molecule has 3 unspecified atom stereocenters. The summed E-state index contributed by atoms with van der Waals surface area (Å²) in [6.45, 7) is 0.812. The van der Waals surface area contributed by atoms with Gasteiger partial charge in [0.2, 0.25) is 11.8 Å². The summed E-state index contributed by atoms with van der Waals surface area (Å²) in [5, 5.41) is 13.5. The van der Waals surface area contributed by atoms with Crippen LogP contribution >= 0.6 is 23.4 Å². The minimum atomic E-state index is -1.30. The van der Waals surface area contributed by atoms with Crippen LogP contribution in [-0.4, -0.2) is 81.1 Å². The molecule has 0 aromatic heterocycles. The minimum Gasteiger partial charge on any atom is -0.484 e. The highest BCUT2D eigenvalue weighted by atomic mass is 35.5. The predicted octanol–water partition coefficient (Wildman–Crippen LogP) is 0.169. The highest BCUT2D eigenvalue weighted by molar-refractivity contribution is 8.01. The molecule has 13 heteroatoms. The summed E-state index contributed by atoms with van der Waals surface area (Å²) in [6, 6.07) is 6.40. The molecular weight excluding hydrogens is 466 g/mol. The Morgan fingerprint density at radius 1 is 1.22 bits per heavy atom. The van der Waals surface area contributed by atoms with Crippen LogP contribution in [0, 0.1) is 0 Å². The van der Waals surface area contributed by atoms with Crippen molar-refractivity contribution in [2.24, 2.45) is 0 Å². The standard InChI is InChI=1S/C19H20ClN3O8S/c1-19(9-31-18(29)22-11(24)7-20)14(17(27)28)23-15(26)13(16(23)32-19)21-12(25)8-30-10-5-3-2-4-6-10/h2-6,13-14,16H,7-9H2,1H3,(H,21,25)(H,27,28)(H,22,24,29)/t13?,14?,16-,19?/m0/s1. The molecule has 32 heavy (non-hydrogen) atoms. The molecule has 172 valence electrons. The third kappa shape index (κ3) is 4.91. The number of carboxylic acid groups (broad SMARTS) is 1. The van der Waals surface area contributed by atoms with Crippen LogP contribution in [0.2, 0.25) is 0 Å². The van der Waals surface area contributed by atoms with E-state index in [1.165, 1.54) is 6.92 Å². The van der Waals surface area contributed by atoms with E-state index in [0.717, 1.165) is 16.7 Å². The number of alkyl carbamates (subject to hydrolysis) is 1. The molecule has 2 heterocycles. The SMILES string of the molecule is CC1(COC(=O)NC(=O)CCl)S[C@H]2C(NC(=O)COc3ccccc3)C(=O)N2C1C(=O)O. The first kappa shape index (κ1) is 23.7. The third-order valence-electron chi connectivity index (χ3n) is 4.84. The van der Waals surface area contributed by atoms with E-state index in [2.05, 4.69) is 5.32 Å². The van der Waals surface area contributed by atoms with Crippen LogP contribution in [0.4, 0.5) is 4.79 Å². The molecule has 3 rings (SSSR count). The van der Waals surface area contributed by atoms with Crippen molar-refractivity contribution in [2.45, 2.75) is 29.1 Å². The molecule has 0 aliphatic carbocycles. The van der Waals surface area contributed by atoms with E-state index in [1.54, 1.807) is 30.3 Å². The van der Waals surface area contributed by atoms with Crippen LogP contribution in [0.15, 0.2) is 30.3 Å². The number of hydrogen-bond donors (Lipinski definition) is 3. The predicted molar refractivity (Wildman–Crippen MR) is 112 cm³/mol. The van der Waals surface area contributed by atoms with Crippen molar-refractivity contribution in [1.82, 2.24) is 15.5 Å². The van der Waals surface area contributed by atoms with Gasteiger partial charge in [-0.1, -0.05) is 18.2 Å². The number of alkyl halides is 1. The summed E-state index contributed by atoms with van der Waals surface area (Å²) < 4.78 is 9.12. The van der Waals surface area contributed by atoms with Gasteiger partial charge >= 0.3 is 12.1 Å². The van der Waals surface area contributed by atoms with Gasteiger partial charge in [-0.2, -0.15) is 0 Å². The number of carbonyl (C=O) groups is 5. The van der Waals surface area contributed by atoms with Gasteiger partial charge in [0.05, 0.1) is 4.75 Å². The second-order valence-electron chi connectivity index (χ2n) is 7.21. The van der Waals surface area contributed by atoms with Crippen molar-refractivity contribution in [3.05, 3.63) is 30.3 Å². The summed E-state index contributed by atoms with van der Waals surface area (Å²) in [4.78, 5) is 60.7. The number of para-hydroxylation sites is 1. The summed E-state index contributed by atoms with van der Waals surface area (Å²) in [5.74, 6) is -3.11. The van der Waals surface area contributed by atoms with Crippen LogP contribution in [0.5, 0.6) is 5.75 Å². The Morgan fingerprint density at radius 2 is 1.91 bits per heavy atom. The lowest BCUT2D eigenvalue weighted by Gasteiger charge is -2.43. The fourth-order valence-electron chi connectivity index (χ4n) is 3.42. The molecule has 1 aromatic carbocycles. The van der Waals surface area contributed by atoms with E-state index in [1.807, 2.05) is 5.32 Å². The zero-order chi connectivity index (χ0) is 23.5. The van der Waals surface area contributed by atoms with Gasteiger partial charge in [-0.25, -0.2) is 9.59 Å². The highest BCUT2D eigenvalue weighted by Crippen LogP contribution is 2.51. The van der Waals surface area contributed by atoms with Crippen LogP contribution < -0.4 is 15.4 Å². The number of carboxylic acids is 1. The Kier molecular flexibility index (Phi) is 7.14. The first-order chi connectivity index (χ1) is 15.2. The van der Waals surface area contributed by atoms with Gasteiger partial charge in [-0.15, -0.1) is 23.4 Å². The summed E-state index contributed by atoms with van der Waals surface area (Å²) in [6.07, 6.45) is -1.08. The Balaban J connectivity index is 1.60. The topological polar surface area (TPSA) is 151 Å². The number of fused-ring (bicyclic) bond motifs is 1. The van der Waals surface area contributed by atoms with Crippen molar-refractivity contribution < 1.29 is 38.6 Å². The maximum atomic E-state index is 12.6. The second kappa shape index (κ2) is 9.65. The number of rotatable bonds is 8. The van der Waals surface area contributed by atoms with Gasteiger partial charge in [0.15, 0.2) is 6.61 Å². The smallest absolute Gasteiger partial charge is 0.413 e. The van der Waals surface area contributed by atoms with Gasteiger partial charge in [-0.05, 0) is 19.1 Å². The molecule has 2 fully saturated rings. The number of imide groups is 1. The molecule has 0 saturated carbocycles. The molecule has 3 N–H and O–H groups in total. The van der Waals surface area contributed by atoms with Crippen LogP contribution in [0.1, 0.15) is 6.92 Å². The number of nitrogens with zero attached hydrogens (tertiary/aromatic N) is 1. The van der Waals surface area contributed by atoms with Crippen molar-refractivity contribution >= 4 is 53.1 Å². The zero-order valence-electron chi connectivity index (χ0n) is 16.8. The molecule has 11 nitrogen and oxygen atoms in total. The van der Waals surface area contributed by atoms with Gasteiger partial charge < -0.3 is 24.8 Å². The fraction of sp³-hybridized carbons (Fsp3) is 0.421.